The van der Waals surface area contributed by atoms with E-state index >= 15 is 0 Å². The summed E-state index contributed by atoms with van der Waals surface area (Å²) >= 11 is 0. The Morgan fingerprint density at radius 2 is 1.45 bits per heavy atom. The number of hydrogen-bond acceptors (Lipinski definition) is 1. The Hall–Kier alpha value is -2.09. The minimum absolute atomic E-state index is 0.345. The summed E-state index contributed by atoms with van der Waals surface area (Å²) in [4.78, 5) is 10.9. The number of rotatable bonds is 2. The van der Waals surface area contributed by atoms with Gasteiger partial charge in [0.05, 0.1) is 0 Å². The summed E-state index contributed by atoms with van der Waals surface area (Å²) in [7, 11) is 0. The van der Waals surface area contributed by atoms with Crippen molar-refractivity contribution in [3.05, 3.63) is 70.8 Å². The number of hydrogen-bond donors (Lipinski definition) is 1. The molecule has 2 aromatic rings. The summed E-state index contributed by atoms with van der Waals surface area (Å²) < 4.78 is 0. The number of aryl methyl sites for hydroxylation is 2. The van der Waals surface area contributed by atoms with Gasteiger partial charge in [-0.15, -0.1) is 0 Å². The molecule has 120 valence electrons. The lowest BCUT2D eigenvalue weighted by molar-refractivity contribution is 0.0999. The van der Waals surface area contributed by atoms with Crippen LogP contribution in [-0.2, 0) is 6.42 Å². The molecule has 0 aromatic heterocycles. The van der Waals surface area contributed by atoms with Gasteiger partial charge in [-0.1, -0.05) is 75.2 Å². The molecule has 1 amide bonds. The first kappa shape index (κ1) is 19.9. The zero-order valence-electron chi connectivity index (χ0n) is 14.5. The smallest absolute Gasteiger partial charge is 0.248 e. The quantitative estimate of drug-likeness (QED) is 0.826. The second-order valence-electron chi connectivity index (χ2n) is 5.17. The highest BCUT2D eigenvalue weighted by molar-refractivity contribution is 5.94. The van der Waals surface area contributed by atoms with Crippen molar-refractivity contribution in [3.8, 4) is 0 Å². The minimum atomic E-state index is -0.345. The van der Waals surface area contributed by atoms with Gasteiger partial charge in [-0.2, -0.15) is 0 Å². The van der Waals surface area contributed by atoms with Crippen molar-refractivity contribution in [2.24, 2.45) is 5.73 Å². The number of benzene rings is 2. The summed E-state index contributed by atoms with van der Waals surface area (Å²) in [6, 6.07) is 15.9. The summed E-state index contributed by atoms with van der Waals surface area (Å²) in [5, 5.41) is 0. The third kappa shape index (κ3) is 7.63. The highest BCUT2D eigenvalue weighted by atomic mass is 16.1. The molecule has 2 rings (SSSR count). The van der Waals surface area contributed by atoms with Gasteiger partial charge in [-0.25, -0.2) is 0 Å². The van der Waals surface area contributed by atoms with Crippen LogP contribution in [0.25, 0.3) is 0 Å². The van der Waals surface area contributed by atoms with Gasteiger partial charge in [0.15, 0.2) is 0 Å². The van der Waals surface area contributed by atoms with Gasteiger partial charge in [-0.3, -0.25) is 4.79 Å². The van der Waals surface area contributed by atoms with E-state index in [2.05, 4.69) is 39.8 Å². The molecule has 0 saturated heterocycles. The van der Waals surface area contributed by atoms with Crippen LogP contribution >= 0.6 is 0 Å². The van der Waals surface area contributed by atoms with Crippen LogP contribution in [0, 0.1) is 13.8 Å². The summed E-state index contributed by atoms with van der Waals surface area (Å²) in [5.74, 6) is -0.345. The summed E-state index contributed by atoms with van der Waals surface area (Å²) in [6.45, 7) is 10.3. The lowest BCUT2D eigenvalue weighted by Gasteiger charge is -2.05. The van der Waals surface area contributed by atoms with E-state index < -0.39 is 0 Å². The summed E-state index contributed by atoms with van der Waals surface area (Å²) in [5.41, 5.74) is 9.35. The maximum Gasteiger partial charge on any atom is 0.248 e. The Morgan fingerprint density at radius 1 is 0.909 bits per heavy atom. The van der Waals surface area contributed by atoms with Crippen LogP contribution in [0.2, 0.25) is 0 Å². The van der Waals surface area contributed by atoms with Gasteiger partial charge >= 0.3 is 0 Å². The van der Waals surface area contributed by atoms with Gasteiger partial charge < -0.3 is 5.73 Å². The molecule has 0 bridgehead atoms. The fourth-order valence-electron chi connectivity index (χ4n) is 1.87. The standard InChI is InChI=1S/C10H13NO.C7H8.C3H8/c1-3-8-5-4-6-9(7(8)2)10(11)12;1-7-5-3-2-4-6-7;1-3-2/h4-6H,3H2,1-2H3,(H2,11,12);2-6H,1H3;3H2,1-2H3. The van der Waals surface area contributed by atoms with Crippen LogP contribution in [0.1, 0.15) is 54.2 Å². The van der Waals surface area contributed by atoms with E-state index in [1.54, 1.807) is 6.07 Å². The van der Waals surface area contributed by atoms with Gasteiger partial charge in [0.25, 0.3) is 0 Å². The first-order valence-corrected chi connectivity index (χ1v) is 7.87. The summed E-state index contributed by atoms with van der Waals surface area (Å²) in [6.07, 6.45) is 2.19. The topological polar surface area (TPSA) is 43.1 Å². The largest absolute Gasteiger partial charge is 0.366 e. The molecule has 22 heavy (non-hydrogen) atoms. The number of carbonyl (C=O) groups excluding carboxylic acids is 1. The normalized spacial score (nSPS) is 8.95. The SMILES string of the molecule is CCC.CCc1cccc(C(N)=O)c1C.Cc1ccccc1. The van der Waals surface area contributed by atoms with E-state index in [0.717, 1.165) is 12.0 Å². The molecule has 0 heterocycles. The van der Waals surface area contributed by atoms with E-state index in [9.17, 15) is 4.79 Å². The Morgan fingerprint density at radius 3 is 1.82 bits per heavy atom. The molecule has 2 N–H and O–H groups in total. The molecular formula is C20H29NO. The third-order valence-electron chi connectivity index (χ3n) is 3.03. The van der Waals surface area contributed by atoms with Crippen molar-refractivity contribution in [2.45, 2.75) is 47.5 Å². The second-order valence-corrected chi connectivity index (χ2v) is 5.17. The highest BCUT2D eigenvalue weighted by Gasteiger charge is 2.06. The molecule has 0 atom stereocenters. The van der Waals surface area contributed by atoms with Crippen molar-refractivity contribution in [3.63, 3.8) is 0 Å². The first-order chi connectivity index (χ1) is 10.5. The number of amides is 1. The Kier molecular flexibility index (Phi) is 10.5. The lowest BCUT2D eigenvalue weighted by Crippen LogP contribution is -2.13. The van der Waals surface area contributed by atoms with E-state index in [1.807, 2.05) is 37.3 Å². The van der Waals surface area contributed by atoms with Crippen molar-refractivity contribution in [1.82, 2.24) is 0 Å². The molecule has 0 aliphatic heterocycles. The van der Waals surface area contributed by atoms with E-state index in [1.165, 1.54) is 17.5 Å². The van der Waals surface area contributed by atoms with Gasteiger partial charge in [-0.05, 0) is 37.5 Å². The zero-order valence-corrected chi connectivity index (χ0v) is 14.5. The lowest BCUT2D eigenvalue weighted by atomic mass is 10.0. The van der Waals surface area contributed by atoms with E-state index in [4.69, 9.17) is 5.73 Å². The molecule has 0 aliphatic carbocycles. The Balaban J connectivity index is 0.000000372. The minimum Gasteiger partial charge on any atom is -0.366 e. The monoisotopic (exact) mass is 299 g/mol. The molecule has 0 radical (unpaired) electrons. The third-order valence-corrected chi connectivity index (χ3v) is 3.03. The number of primary amides is 1. The fraction of sp³-hybridized carbons (Fsp3) is 0.350. The maximum absolute atomic E-state index is 10.9. The zero-order chi connectivity index (χ0) is 17.0. The van der Waals surface area contributed by atoms with Gasteiger partial charge in [0.2, 0.25) is 5.91 Å². The van der Waals surface area contributed by atoms with Crippen molar-refractivity contribution in [1.29, 1.82) is 0 Å². The van der Waals surface area contributed by atoms with Crippen LogP contribution in [0.5, 0.6) is 0 Å². The second kappa shape index (κ2) is 11.6. The van der Waals surface area contributed by atoms with Crippen LogP contribution in [0.4, 0.5) is 0 Å². The highest BCUT2D eigenvalue weighted by Crippen LogP contribution is 2.13. The molecule has 0 aliphatic rings. The molecule has 2 heteroatoms. The van der Waals surface area contributed by atoms with Gasteiger partial charge in [0.1, 0.15) is 0 Å². The molecule has 2 nitrogen and oxygen atoms in total. The Labute approximate surface area is 135 Å². The number of carbonyl (C=O) groups is 1. The molecule has 0 unspecified atom stereocenters. The van der Waals surface area contributed by atoms with Gasteiger partial charge in [0, 0.05) is 5.56 Å². The molecule has 0 fully saturated rings. The van der Waals surface area contributed by atoms with Crippen molar-refractivity contribution >= 4 is 5.91 Å². The van der Waals surface area contributed by atoms with Crippen LogP contribution in [-0.4, -0.2) is 5.91 Å². The average molecular weight is 299 g/mol. The van der Waals surface area contributed by atoms with E-state index in [0.29, 0.717) is 5.56 Å². The Bertz CT molecular complexity index is 547. The fourth-order valence-corrected chi connectivity index (χ4v) is 1.87. The van der Waals surface area contributed by atoms with E-state index in [-0.39, 0.29) is 5.91 Å². The van der Waals surface area contributed by atoms with Crippen LogP contribution in [0.15, 0.2) is 48.5 Å². The van der Waals surface area contributed by atoms with Crippen LogP contribution in [0.3, 0.4) is 0 Å². The molecule has 2 aromatic carbocycles. The average Bonchev–Trinajstić information content (AvgIpc) is 2.49. The molecule has 0 spiro atoms. The van der Waals surface area contributed by atoms with Crippen molar-refractivity contribution < 1.29 is 4.79 Å². The maximum atomic E-state index is 10.9. The van der Waals surface area contributed by atoms with Crippen LogP contribution < -0.4 is 5.73 Å². The predicted octanol–water partition coefficient (Wildman–Crippen LogP) is 5.07. The van der Waals surface area contributed by atoms with Crippen molar-refractivity contribution in [2.75, 3.05) is 0 Å². The molecule has 0 saturated carbocycles. The predicted molar refractivity (Wildman–Crippen MR) is 96.2 cm³/mol. The molecular weight excluding hydrogens is 270 g/mol. The first-order valence-electron chi connectivity index (χ1n) is 7.87. The number of nitrogens with two attached hydrogens (primary N) is 1.